The van der Waals surface area contributed by atoms with Crippen LogP contribution < -0.4 is 0 Å². The Hall–Kier alpha value is -1.61. The van der Waals surface area contributed by atoms with E-state index in [0.717, 1.165) is 22.7 Å². The third kappa shape index (κ3) is 6.60. The predicted molar refractivity (Wildman–Crippen MR) is 98.6 cm³/mol. The number of hydrogen-bond acceptors (Lipinski definition) is 4. The van der Waals surface area contributed by atoms with Gasteiger partial charge in [0.25, 0.3) is 0 Å². The van der Waals surface area contributed by atoms with Crippen molar-refractivity contribution in [3.8, 4) is 21.8 Å². The van der Waals surface area contributed by atoms with E-state index in [1.807, 2.05) is 35.7 Å². The zero-order chi connectivity index (χ0) is 19.4. The van der Waals surface area contributed by atoms with Gasteiger partial charge in [0, 0.05) is 37.9 Å². The van der Waals surface area contributed by atoms with Crippen LogP contribution in [0.5, 0.6) is 0 Å². The van der Waals surface area contributed by atoms with Gasteiger partial charge in [-0.05, 0) is 12.1 Å². The molecule has 0 N–H and O–H groups in total. The second-order valence-corrected chi connectivity index (χ2v) is 9.38. The van der Waals surface area contributed by atoms with E-state index in [9.17, 15) is 13.2 Å². The van der Waals surface area contributed by atoms with Crippen molar-refractivity contribution in [2.45, 2.75) is 6.18 Å². The number of aromatic nitrogens is 1. The molecular formula is C16H10Cl2F3NO2S2. The van der Waals surface area contributed by atoms with Crippen LogP contribution in [0.1, 0.15) is 5.56 Å². The molecule has 0 radical (unpaired) electrons. The number of alkyl halides is 3. The zero-order valence-electron chi connectivity index (χ0n) is 12.7. The van der Waals surface area contributed by atoms with Crippen LogP contribution >= 0.6 is 32.7 Å². The second kappa shape index (κ2) is 8.39. The molecule has 0 aliphatic carbocycles. The van der Waals surface area contributed by atoms with Gasteiger partial charge in [-0.2, -0.15) is 21.6 Å². The normalized spacial score (nSPS) is 11.6. The van der Waals surface area contributed by atoms with Gasteiger partial charge in [0.15, 0.2) is 0 Å². The van der Waals surface area contributed by atoms with Crippen molar-refractivity contribution in [2.75, 3.05) is 0 Å². The minimum absolute atomic E-state index is 0.648. The Morgan fingerprint density at radius 2 is 1.42 bits per heavy atom. The molecule has 0 spiro atoms. The lowest BCUT2D eigenvalue weighted by Gasteiger charge is -2.06. The van der Waals surface area contributed by atoms with E-state index in [1.165, 1.54) is 23.5 Å². The molecule has 26 heavy (non-hydrogen) atoms. The van der Waals surface area contributed by atoms with Crippen LogP contribution in [0.25, 0.3) is 21.8 Å². The number of hydrogen-bond donors (Lipinski definition) is 0. The Morgan fingerprint density at radius 3 is 1.92 bits per heavy atom. The summed E-state index contributed by atoms with van der Waals surface area (Å²) in [7, 11) is 4.81. The lowest BCUT2D eigenvalue weighted by atomic mass is 10.1. The molecule has 3 aromatic rings. The van der Waals surface area contributed by atoms with Gasteiger partial charge in [-0.15, -0.1) is 11.3 Å². The minimum Gasteiger partial charge on any atom is -0.236 e. The molecule has 0 unspecified atom stereocenters. The summed E-state index contributed by atoms with van der Waals surface area (Å²) in [6.07, 6.45) is -4.31. The van der Waals surface area contributed by atoms with E-state index >= 15 is 0 Å². The van der Waals surface area contributed by atoms with Crippen molar-refractivity contribution in [2.24, 2.45) is 0 Å². The van der Waals surface area contributed by atoms with Gasteiger partial charge in [0.1, 0.15) is 5.01 Å². The van der Waals surface area contributed by atoms with Gasteiger partial charge in [0.2, 0.25) is 0 Å². The molecule has 3 nitrogen and oxygen atoms in total. The molecule has 10 heteroatoms. The Labute approximate surface area is 161 Å². The maximum absolute atomic E-state index is 12.5. The Bertz CT molecular complexity index is 949. The van der Waals surface area contributed by atoms with Crippen molar-refractivity contribution in [1.29, 1.82) is 0 Å². The molecule has 0 atom stereocenters. The van der Waals surface area contributed by atoms with Gasteiger partial charge in [-0.1, -0.05) is 42.5 Å². The highest BCUT2D eigenvalue weighted by Gasteiger charge is 2.30. The third-order valence-corrected chi connectivity index (χ3v) is 3.92. The first-order valence-electron chi connectivity index (χ1n) is 6.87. The summed E-state index contributed by atoms with van der Waals surface area (Å²) in [6.45, 7) is 0. The summed E-state index contributed by atoms with van der Waals surface area (Å²) in [6, 6.07) is 14.7. The fourth-order valence-electron chi connectivity index (χ4n) is 1.95. The molecule has 138 valence electrons. The highest BCUT2D eigenvalue weighted by atomic mass is 36.0. The van der Waals surface area contributed by atoms with Crippen molar-refractivity contribution < 1.29 is 21.6 Å². The smallest absolute Gasteiger partial charge is 0.236 e. The Kier molecular flexibility index (Phi) is 6.68. The molecule has 0 aliphatic rings. The van der Waals surface area contributed by atoms with Gasteiger partial charge >= 0.3 is 14.4 Å². The quantitative estimate of drug-likeness (QED) is 0.446. The molecule has 2 aromatic carbocycles. The van der Waals surface area contributed by atoms with E-state index in [2.05, 4.69) is 26.3 Å². The van der Waals surface area contributed by atoms with Crippen molar-refractivity contribution in [3.05, 3.63) is 65.5 Å². The molecule has 0 saturated heterocycles. The van der Waals surface area contributed by atoms with E-state index in [-0.39, 0.29) is 0 Å². The average molecular weight is 440 g/mol. The molecule has 0 aliphatic heterocycles. The SMILES string of the molecule is FC(F)(F)c1ccc(-c2csc(-c3ccccc3)n2)cc1.O=S(=O)(Cl)Cl. The van der Waals surface area contributed by atoms with Gasteiger partial charge in [-0.25, -0.2) is 4.98 Å². The van der Waals surface area contributed by atoms with Gasteiger partial charge in [0.05, 0.1) is 11.3 Å². The van der Waals surface area contributed by atoms with Crippen LogP contribution in [-0.2, 0) is 14.4 Å². The first-order valence-corrected chi connectivity index (χ1v) is 10.9. The monoisotopic (exact) mass is 439 g/mol. The summed E-state index contributed by atoms with van der Waals surface area (Å²) >= 11 is 1.47. The van der Waals surface area contributed by atoms with Gasteiger partial charge in [-0.3, -0.25) is 0 Å². The maximum atomic E-state index is 12.5. The maximum Gasteiger partial charge on any atom is 0.416 e. The number of thiazole rings is 1. The van der Waals surface area contributed by atoms with Crippen LogP contribution in [0.15, 0.2) is 60.0 Å². The first-order chi connectivity index (χ1) is 12.0. The molecule has 0 amide bonds. The lowest BCUT2D eigenvalue weighted by Crippen LogP contribution is -2.03. The minimum atomic E-state index is -4.31. The van der Waals surface area contributed by atoms with Crippen LogP contribution in [0.3, 0.4) is 0 Å². The summed E-state index contributed by atoms with van der Waals surface area (Å²) in [5.41, 5.74) is 1.72. The fourth-order valence-corrected chi connectivity index (χ4v) is 2.78. The Morgan fingerprint density at radius 1 is 0.885 bits per heavy atom. The van der Waals surface area contributed by atoms with Crippen molar-refractivity contribution >= 4 is 41.0 Å². The molecule has 0 bridgehead atoms. The molecule has 1 heterocycles. The van der Waals surface area contributed by atoms with E-state index in [0.29, 0.717) is 11.3 Å². The zero-order valence-corrected chi connectivity index (χ0v) is 15.9. The summed E-state index contributed by atoms with van der Waals surface area (Å²) in [4.78, 5) is 4.48. The molecule has 1 aromatic heterocycles. The second-order valence-electron chi connectivity index (χ2n) is 4.86. The molecule has 0 fully saturated rings. The van der Waals surface area contributed by atoms with Crippen molar-refractivity contribution in [1.82, 2.24) is 4.98 Å². The highest BCUT2D eigenvalue weighted by molar-refractivity contribution is 8.31. The molecule has 0 saturated carbocycles. The fraction of sp³-hybridized carbons (Fsp3) is 0.0625. The average Bonchev–Trinajstić information content (AvgIpc) is 3.03. The number of rotatable bonds is 2. The van der Waals surface area contributed by atoms with E-state index in [1.54, 1.807) is 0 Å². The molecule has 3 rings (SSSR count). The third-order valence-electron chi connectivity index (χ3n) is 3.03. The largest absolute Gasteiger partial charge is 0.416 e. The van der Waals surface area contributed by atoms with Crippen LogP contribution in [0.4, 0.5) is 13.2 Å². The predicted octanol–water partition coefficient (Wildman–Crippen LogP) is 6.20. The van der Waals surface area contributed by atoms with Crippen molar-refractivity contribution in [3.63, 3.8) is 0 Å². The highest BCUT2D eigenvalue weighted by Crippen LogP contribution is 2.32. The van der Waals surface area contributed by atoms with E-state index < -0.39 is 20.0 Å². The first kappa shape index (κ1) is 20.7. The topological polar surface area (TPSA) is 47.0 Å². The van der Waals surface area contributed by atoms with Gasteiger partial charge < -0.3 is 0 Å². The van der Waals surface area contributed by atoms with Crippen LogP contribution in [0, 0.1) is 0 Å². The summed E-state index contributed by atoms with van der Waals surface area (Å²) in [5, 5.41) is 2.70. The summed E-state index contributed by atoms with van der Waals surface area (Å²) < 4.78 is 55.9. The molecular weight excluding hydrogens is 430 g/mol. The number of benzene rings is 2. The Balaban J connectivity index is 0.000000431. The van der Waals surface area contributed by atoms with Crippen LogP contribution in [0.2, 0.25) is 0 Å². The summed E-state index contributed by atoms with van der Waals surface area (Å²) in [5.74, 6) is 0. The standard InChI is InChI=1S/C16H10F3NS.Cl2O2S/c17-16(18,19)13-8-6-11(7-9-13)14-10-21-15(20-14)12-4-2-1-3-5-12;1-5(2,3)4/h1-10H;. The number of nitrogens with zero attached hydrogens (tertiary/aromatic N) is 1. The number of halogens is 5. The lowest BCUT2D eigenvalue weighted by molar-refractivity contribution is -0.137. The van der Waals surface area contributed by atoms with Crippen LogP contribution in [-0.4, -0.2) is 13.4 Å². The van der Waals surface area contributed by atoms with E-state index in [4.69, 9.17) is 8.42 Å².